The van der Waals surface area contributed by atoms with Crippen LogP contribution in [0.25, 0.3) is 0 Å². The summed E-state index contributed by atoms with van der Waals surface area (Å²) in [7, 11) is 0. The first-order chi connectivity index (χ1) is 10.6. The number of nitrogens with two attached hydrogens (primary N) is 1. The summed E-state index contributed by atoms with van der Waals surface area (Å²) >= 11 is 0. The van der Waals surface area contributed by atoms with Crippen molar-refractivity contribution >= 4 is 24.0 Å². The predicted molar refractivity (Wildman–Crippen MR) is 99.1 cm³/mol. The molecule has 4 heteroatoms. The van der Waals surface area contributed by atoms with Gasteiger partial charge in [-0.25, -0.2) is 0 Å². The SMILES string of the molecule is Cc1cccc(C)c1CCNC(=O)CCc1ccccc1N.Cl. The molecule has 0 aliphatic rings. The maximum absolute atomic E-state index is 11.9. The van der Waals surface area contributed by atoms with E-state index in [-0.39, 0.29) is 18.3 Å². The van der Waals surface area contributed by atoms with Gasteiger partial charge in [-0.2, -0.15) is 0 Å². The number of carbonyl (C=O) groups is 1. The van der Waals surface area contributed by atoms with Gasteiger partial charge in [0, 0.05) is 18.7 Å². The van der Waals surface area contributed by atoms with Gasteiger partial charge >= 0.3 is 0 Å². The van der Waals surface area contributed by atoms with Crippen molar-refractivity contribution < 1.29 is 4.79 Å². The molecule has 0 saturated heterocycles. The molecule has 0 fully saturated rings. The van der Waals surface area contributed by atoms with Crippen molar-refractivity contribution in [1.82, 2.24) is 5.32 Å². The number of halogens is 1. The van der Waals surface area contributed by atoms with E-state index < -0.39 is 0 Å². The van der Waals surface area contributed by atoms with Crippen LogP contribution in [0.4, 0.5) is 5.69 Å². The van der Waals surface area contributed by atoms with E-state index in [1.165, 1.54) is 16.7 Å². The first-order valence-electron chi connectivity index (χ1n) is 7.73. The van der Waals surface area contributed by atoms with E-state index in [0.717, 1.165) is 17.7 Å². The Morgan fingerprint density at radius 3 is 2.30 bits per heavy atom. The lowest BCUT2D eigenvalue weighted by Crippen LogP contribution is -2.26. The Kier molecular flexibility index (Phi) is 7.63. The fraction of sp³-hybridized carbons (Fsp3) is 0.316. The number of hydrogen-bond acceptors (Lipinski definition) is 2. The van der Waals surface area contributed by atoms with Gasteiger partial charge in [-0.3, -0.25) is 4.79 Å². The van der Waals surface area contributed by atoms with Crippen LogP contribution in [0.2, 0.25) is 0 Å². The molecular formula is C19H25ClN2O. The third-order valence-electron chi connectivity index (χ3n) is 4.02. The molecule has 0 unspecified atom stereocenters. The molecular weight excluding hydrogens is 308 g/mol. The van der Waals surface area contributed by atoms with Crippen LogP contribution in [0.5, 0.6) is 0 Å². The van der Waals surface area contributed by atoms with Crippen molar-refractivity contribution in [2.45, 2.75) is 33.1 Å². The van der Waals surface area contributed by atoms with Crippen LogP contribution in [-0.4, -0.2) is 12.5 Å². The Bertz CT molecular complexity index is 635. The van der Waals surface area contributed by atoms with Crippen molar-refractivity contribution in [1.29, 1.82) is 0 Å². The number of amides is 1. The van der Waals surface area contributed by atoms with Gasteiger partial charge in [-0.05, 0) is 55.0 Å². The van der Waals surface area contributed by atoms with E-state index in [2.05, 4.69) is 37.4 Å². The predicted octanol–water partition coefficient (Wildman–Crippen LogP) is 3.60. The summed E-state index contributed by atoms with van der Waals surface area (Å²) < 4.78 is 0. The Morgan fingerprint density at radius 2 is 1.65 bits per heavy atom. The zero-order valence-corrected chi connectivity index (χ0v) is 14.6. The van der Waals surface area contributed by atoms with Crippen molar-refractivity contribution in [2.75, 3.05) is 12.3 Å². The summed E-state index contributed by atoms with van der Waals surface area (Å²) in [5.41, 5.74) is 11.6. The highest BCUT2D eigenvalue weighted by atomic mass is 35.5. The highest BCUT2D eigenvalue weighted by Gasteiger charge is 2.06. The third kappa shape index (κ3) is 5.61. The number of hydrogen-bond donors (Lipinski definition) is 2. The maximum Gasteiger partial charge on any atom is 0.220 e. The van der Waals surface area contributed by atoms with Crippen LogP contribution < -0.4 is 11.1 Å². The van der Waals surface area contributed by atoms with Crippen LogP contribution in [0.15, 0.2) is 42.5 Å². The van der Waals surface area contributed by atoms with Crippen molar-refractivity contribution in [2.24, 2.45) is 0 Å². The molecule has 2 rings (SSSR count). The first-order valence-corrected chi connectivity index (χ1v) is 7.73. The summed E-state index contributed by atoms with van der Waals surface area (Å²) in [5, 5.41) is 3.00. The lowest BCUT2D eigenvalue weighted by Gasteiger charge is -2.11. The van der Waals surface area contributed by atoms with E-state index in [4.69, 9.17) is 5.73 Å². The van der Waals surface area contributed by atoms with Crippen LogP contribution in [0.3, 0.4) is 0 Å². The summed E-state index contributed by atoms with van der Waals surface area (Å²) in [6.07, 6.45) is 2.03. The van der Waals surface area contributed by atoms with Gasteiger partial charge in [-0.15, -0.1) is 12.4 Å². The summed E-state index contributed by atoms with van der Waals surface area (Å²) in [6, 6.07) is 14.0. The first kappa shape index (κ1) is 19.0. The summed E-state index contributed by atoms with van der Waals surface area (Å²) in [4.78, 5) is 11.9. The summed E-state index contributed by atoms with van der Waals surface area (Å²) in [5.74, 6) is 0.0782. The van der Waals surface area contributed by atoms with Gasteiger partial charge in [0.05, 0.1) is 0 Å². The minimum Gasteiger partial charge on any atom is -0.399 e. The lowest BCUT2D eigenvalue weighted by molar-refractivity contribution is -0.121. The van der Waals surface area contributed by atoms with Gasteiger partial charge in [-0.1, -0.05) is 36.4 Å². The van der Waals surface area contributed by atoms with Gasteiger partial charge in [0.1, 0.15) is 0 Å². The van der Waals surface area contributed by atoms with Crippen LogP contribution in [0.1, 0.15) is 28.7 Å². The quantitative estimate of drug-likeness (QED) is 0.794. The highest BCUT2D eigenvalue weighted by Crippen LogP contribution is 2.14. The van der Waals surface area contributed by atoms with E-state index in [0.29, 0.717) is 19.4 Å². The molecule has 1 amide bonds. The number of aryl methyl sites for hydroxylation is 3. The van der Waals surface area contributed by atoms with Gasteiger partial charge in [0.2, 0.25) is 5.91 Å². The molecule has 0 aliphatic heterocycles. The number of anilines is 1. The molecule has 3 nitrogen and oxygen atoms in total. The average molecular weight is 333 g/mol. The zero-order valence-electron chi connectivity index (χ0n) is 13.8. The zero-order chi connectivity index (χ0) is 15.9. The van der Waals surface area contributed by atoms with Crippen LogP contribution in [0, 0.1) is 13.8 Å². The average Bonchev–Trinajstić information content (AvgIpc) is 2.49. The standard InChI is InChI=1S/C19H24N2O.ClH/c1-14-6-5-7-15(2)17(14)12-13-21-19(22)11-10-16-8-3-4-9-18(16)20;/h3-9H,10-13,20H2,1-2H3,(H,21,22);1H. The van der Waals surface area contributed by atoms with Crippen LogP contribution >= 0.6 is 12.4 Å². The highest BCUT2D eigenvalue weighted by molar-refractivity contribution is 5.85. The van der Waals surface area contributed by atoms with Crippen molar-refractivity contribution in [3.63, 3.8) is 0 Å². The third-order valence-corrected chi connectivity index (χ3v) is 4.02. The largest absolute Gasteiger partial charge is 0.399 e. The number of carbonyl (C=O) groups excluding carboxylic acids is 1. The monoisotopic (exact) mass is 332 g/mol. The fourth-order valence-electron chi connectivity index (χ4n) is 2.67. The second-order valence-corrected chi connectivity index (χ2v) is 5.67. The molecule has 23 heavy (non-hydrogen) atoms. The fourth-order valence-corrected chi connectivity index (χ4v) is 2.67. The van der Waals surface area contributed by atoms with E-state index in [1.807, 2.05) is 24.3 Å². The minimum atomic E-state index is 0. The molecule has 0 spiro atoms. The Balaban J connectivity index is 0.00000264. The minimum absolute atomic E-state index is 0. The second-order valence-electron chi connectivity index (χ2n) is 5.67. The Labute approximate surface area is 144 Å². The molecule has 0 atom stereocenters. The molecule has 0 heterocycles. The second kappa shape index (κ2) is 9.21. The van der Waals surface area contributed by atoms with Gasteiger partial charge in [0.25, 0.3) is 0 Å². The molecule has 0 aromatic heterocycles. The number of nitrogen functional groups attached to an aromatic ring is 1. The smallest absolute Gasteiger partial charge is 0.220 e. The normalized spacial score (nSPS) is 10.0. The molecule has 0 aliphatic carbocycles. The van der Waals surface area contributed by atoms with Gasteiger partial charge in [0.15, 0.2) is 0 Å². The molecule has 2 aromatic carbocycles. The number of rotatable bonds is 6. The lowest BCUT2D eigenvalue weighted by atomic mass is 10.0. The number of benzene rings is 2. The molecule has 0 saturated carbocycles. The topological polar surface area (TPSA) is 55.1 Å². The van der Waals surface area contributed by atoms with E-state index >= 15 is 0 Å². The molecule has 3 N–H and O–H groups in total. The van der Waals surface area contributed by atoms with Crippen molar-refractivity contribution in [3.8, 4) is 0 Å². The number of para-hydroxylation sites is 1. The Hall–Kier alpha value is -2.00. The van der Waals surface area contributed by atoms with Crippen molar-refractivity contribution in [3.05, 3.63) is 64.7 Å². The molecule has 0 bridgehead atoms. The van der Waals surface area contributed by atoms with Gasteiger partial charge < -0.3 is 11.1 Å². The molecule has 0 radical (unpaired) electrons. The molecule has 2 aromatic rings. The van der Waals surface area contributed by atoms with Crippen LogP contribution in [-0.2, 0) is 17.6 Å². The summed E-state index contributed by atoms with van der Waals surface area (Å²) in [6.45, 7) is 4.90. The maximum atomic E-state index is 11.9. The Morgan fingerprint density at radius 1 is 1.00 bits per heavy atom. The van der Waals surface area contributed by atoms with E-state index in [1.54, 1.807) is 0 Å². The molecule has 124 valence electrons. The number of nitrogens with one attached hydrogen (secondary N) is 1. The van der Waals surface area contributed by atoms with E-state index in [9.17, 15) is 4.79 Å².